The van der Waals surface area contributed by atoms with Gasteiger partial charge in [-0.25, -0.2) is 4.79 Å². The van der Waals surface area contributed by atoms with Crippen LogP contribution < -0.4 is 15.1 Å². The average molecular weight is 351 g/mol. The van der Waals surface area contributed by atoms with Crippen molar-refractivity contribution in [2.45, 2.75) is 12.5 Å². The number of oxime groups is 1. The summed E-state index contributed by atoms with van der Waals surface area (Å²) in [5.74, 6) is 1.40. The molecular weight excluding hydrogens is 334 g/mol. The van der Waals surface area contributed by atoms with Crippen molar-refractivity contribution in [1.82, 2.24) is 0 Å². The SMILES string of the molecule is COc1cccc(C2=NOC(COc3ccc4ccc(=O)oc4c3)C2)c1. The summed E-state index contributed by atoms with van der Waals surface area (Å²) in [6, 6.07) is 16.2. The first kappa shape index (κ1) is 16.2. The first-order chi connectivity index (χ1) is 12.7. The zero-order valence-corrected chi connectivity index (χ0v) is 14.2. The van der Waals surface area contributed by atoms with Crippen molar-refractivity contribution in [3.8, 4) is 11.5 Å². The fraction of sp³-hybridized carbons (Fsp3) is 0.200. The summed E-state index contributed by atoms with van der Waals surface area (Å²) >= 11 is 0. The highest BCUT2D eigenvalue weighted by Gasteiger charge is 2.23. The van der Waals surface area contributed by atoms with Crippen molar-refractivity contribution in [2.75, 3.05) is 13.7 Å². The molecule has 0 saturated heterocycles. The molecule has 2 aromatic carbocycles. The minimum Gasteiger partial charge on any atom is -0.497 e. The second-order valence-electron chi connectivity index (χ2n) is 5.97. The number of benzene rings is 2. The molecule has 0 aliphatic carbocycles. The maximum Gasteiger partial charge on any atom is 0.336 e. The van der Waals surface area contributed by atoms with Gasteiger partial charge in [0.15, 0.2) is 6.10 Å². The van der Waals surface area contributed by atoms with Crippen LogP contribution in [0, 0.1) is 0 Å². The monoisotopic (exact) mass is 351 g/mol. The van der Waals surface area contributed by atoms with Crippen LogP contribution in [0.15, 0.2) is 69.0 Å². The van der Waals surface area contributed by atoms with E-state index in [1.165, 1.54) is 6.07 Å². The van der Waals surface area contributed by atoms with Crippen molar-refractivity contribution < 1.29 is 18.7 Å². The molecule has 0 N–H and O–H groups in total. The Morgan fingerprint density at radius 3 is 2.88 bits per heavy atom. The molecular formula is C20H17NO5. The Kier molecular flexibility index (Phi) is 4.31. The molecule has 1 unspecified atom stereocenters. The Hall–Kier alpha value is -3.28. The lowest BCUT2D eigenvalue weighted by atomic mass is 10.1. The predicted molar refractivity (Wildman–Crippen MR) is 97.0 cm³/mol. The molecule has 6 heteroatoms. The Bertz CT molecular complexity index is 1020. The first-order valence-electron chi connectivity index (χ1n) is 8.25. The summed E-state index contributed by atoms with van der Waals surface area (Å²) in [4.78, 5) is 16.8. The van der Waals surface area contributed by atoms with E-state index in [1.807, 2.05) is 36.4 Å². The van der Waals surface area contributed by atoms with Crippen LogP contribution in [0.3, 0.4) is 0 Å². The van der Waals surface area contributed by atoms with Gasteiger partial charge >= 0.3 is 5.63 Å². The molecule has 1 aliphatic heterocycles. The van der Waals surface area contributed by atoms with E-state index in [9.17, 15) is 4.79 Å². The lowest BCUT2D eigenvalue weighted by Crippen LogP contribution is -2.18. The van der Waals surface area contributed by atoms with Crippen LogP contribution >= 0.6 is 0 Å². The van der Waals surface area contributed by atoms with Gasteiger partial charge in [0.05, 0.1) is 12.8 Å². The third-order valence-electron chi connectivity index (χ3n) is 4.17. The molecule has 0 fully saturated rings. The zero-order chi connectivity index (χ0) is 17.9. The lowest BCUT2D eigenvalue weighted by Gasteiger charge is -2.11. The number of ether oxygens (including phenoxy) is 2. The zero-order valence-electron chi connectivity index (χ0n) is 14.2. The maximum atomic E-state index is 11.3. The number of hydrogen-bond donors (Lipinski definition) is 0. The average Bonchev–Trinajstić information content (AvgIpc) is 3.15. The highest BCUT2D eigenvalue weighted by atomic mass is 16.7. The molecule has 3 aromatic rings. The number of rotatable bonds is 5. The highest BCUT2D eigenvalue weighted by Crippen LogP contribution is 2.23. The standard InChI is InChI=1S/C20H17NO5/c1-23-15-4-2-3-14(9-15)18-10-17(26-21-18)12-24-16-7-5-13-6-8-20(22)25-19(13)11-16/h2-9,11,17H,10,12H2,1H3. The minimum atomic E-state index is -0.384. The van der Waals surface area contributed by atoms with Crippen LogP contribution in [-0.2, 0) is 4.84 Å². The highest BCUT2D eigenvalue weighted by molar-refractivity contribution is 6.01. The van der Waals surface area contributed by atoms with E-state index in [2.05, 4.69) is 5.16 Å². The summed E-state index contributed by atoms with van der Waals surface area (Å²) in [5.41, 5.74) is 1.95. The molecule has 6 nitrogen and oxygen atoms in total. The van der Waals surface area contributed by atoms with Crippen LogP contribution in [0.25, 0.3) is 11.0 Å². The van der Waals surface area contributed by atoms with E-state index in [0.29, 0.717) is 24.4 Å². The molecule has 2 heterocycles. The van der Waals surface area contributed by atoms with Gasteiger partial charge < -0.3 is 18.7 Å². The predicted octanol–water partition coefficient (Wildman–Crippen LogP) is 3.37. The minimum absolute atomic E-state index is 0.172. The van der Waals surface area contributed by atoms with Crippen LogP contribution in [-0.4, -0.2) is 25.5 Å². The molecule has 1 aromatic heterocycles. The topological polar surface area (TPSA) is 70.3 Å². The van der Waals surface area contributed by atoms with Gasteiger partial charge in [0.2, 0.25) is 0 Å². The van der Waals surface area contributed by atoms with E-state index in [1.54, 1.807) is 19.2 Å². The van der Waals surface area contributed by atoms with E-state index in [0.717, 1.165) is 22.4 Å². The molecule has 0 spiro atoms. The fourth-order valence-corrected chi connectivity index (χ4v) is 2.81. The van der Waals surface area contributed by atoms with Gasteiger partial charge in [-0.2, -0.15) is 0 Å². The van der Waals surface area contributed by atoms with Gasteiger partial charge in [-0.05, 0) is 30.3 Å². The van der Waals surface area contributed by atoms with E-state index < -0.39 is 0 Å². The molecule has 0 bridgehead atoms. The number of methoxy groups -OCH3 is 1. The molecule has 132 valence electrons. The quantitative estimate of drug-likeness (QED) is 0.659. The fourth-order valence-electron chi connectivity index (χ4n) is 2.81. The summed E-state index contributed by atoms with van der Waals surface area (Å²) in [5, 5.41) is 5.00. The molecule has 4 rings (SSSR count). The van der Waals surface area contributed by atoms with Crippen molar-refractivity contribution >= 4 is 16.7 Å². The van der Waals surface area contributed by atoms with Gasteiger partial charge in [0.25, 0.3) is 0 Å². The van der Waals surface area contributed by atoms with Crippen molar-refractivity contribution in [3.05, 3.63) is 70.6 Å². The van der Waals surface area contributed by atoms with E-state index >= 15 is 0 Å². The maximum absolute atomic E-state index is 11.3. The van der Waals surface area contributed by atoms with Gasteiger partial charge in [0.1, 0.15) is 23.7 Å². The van der Waals surface area contributed by atoms with Crippen LogP contribution in [0.5, 0.6) is 11.5 Å². The van der Waals surface area contributed by atoms with Crippen molar-refractivity contribution in [3.63, 3.8) is 0 Å². The largest absolute Gasteiger partial charge is 0.497 e. The van der Waals surface area contributed by atoms with Crippen LogP contribution in [0.2, 0.25) is 0 Å². The second-order valence-corrected chi connectivity index (χ2v) is 5.97. The van der Waals surface area contributed by atoms with Gasteiger partial charge in [-0.3, -0.25) is 0 Å². The molecule has 1 aliphatic rings. The smallest absolute Gasteiger partial charge is 0.336 e. The van der Waals surface area contributed by atoms with Crippen molar-refractivity contribution in [1.29, 1.82) is 0 Å². The van der Waals surface area contributed by atoms with Gasteiger partial charge in [-0.15, -0.1) is 0 Å². The Balaban J connectivity index is 1.40. The van der Waals surface area contributed by atoms with Crippen molar-refractivity contribution in [2.24, 2.45) is 5.16 Å². The summed E-state index contributed by atoms with van der Waals surface area (Å²) in [6.45, 7) is 0.347. The van der Waals surface area contributed by atoms with Gasteiger partial charge in [0, 0.05) is 29.5 Å². The number of fused-ring (bicyclic) bond motifs is 1. The molecule has 1 atom stereocenters. The Morgan fingerprint density at radius 1 is 1.12 bits per heavy atom. The normalized spacial score (nSPS) is 16.2. The third-order valence-corrected chi connectivity index (χ3v) is 4.17. The number of nitrogens with zero attached hydrogens (tertiary/aromatic N) is 1. The summed E-state index contributed by atoms with van der Waals surface area (Å²) in [7, 11) is 1.63. The molecule has 0 saturated carbocycles. The van der Waals surface area contributed by atoms with E-state index in [-0.39, 0.29) is 11.7 Å². The molecule has 0 amide bonds. The van der Waals surface area contributed by atoms with E-state index in [4.69, 9.17) is 18.7 Å². The first-order valence-corrected chi connectivity index (χ1v) is 8.25. The summed E-state index contributed by atoms with van der Waals surface area (Å²) in [6.07, 6.45) is 0.477. The molecule has 0 radical (unpaired) electrons. The third kappa shape index (κ3) is 3.39. The summed E-state index contributed by atoms with van der Waals surface area (Å²) < 4.78 is 16.2. The Morgan fingerprint density at radius 2 is 2.00 bits per heavy atom. The lowest BCUT2D eigenvalue weighted by molar-refractivity contribution is 0.0471. The van der Waals surface area contributed by atoms with Crippen LogP contribution in [0.1, 0.15) is 12.0 Å². The van der Waals surface area contributed by atoms with Gasteiger partial charge in [-0.1, -0.05) is 17.3 Å². The molecule has 26 heavy (non-hydrogen) atoms. The number of hydrogen-bond acceptors (Lipinski definition) is 6. The Labute approximate surface area is 149 Å². The van der Waals surface area contributed by atoms with Crippen LogP contribution in [0.4, 0.5) is 0 Å². The second kappa shape index (κ2) is 6.92.